The monoisotopic (exact) mass is 444 g/mol. The third-order valence-corrected chi connectivity index (χ3v) is 6.27. The van der Waals surface area contributed by atoms with E-state index in [1.807, 2.05) is 24.3 Å². The molecule has 0 unspecified atom stereocenters. The SMILES string of the molecule is COc1ccc(CCNC(=O)c2ccccc2NS(=O)(=O)c2ccccc2Cl)cc1. The molecule has 0 saturated carbocycles. The molecule has 0 atom stereocenters. The second-order valence-electron chi connectivity index (χ2n) is 6.44. The second-order valence-corrected chi connectivity index (χ2v) is 8.49. The largest absolute Gasteiger partial charge is 0.497 e. The van der Waals surface area contributed by atoms with Crippen LogP contribution < -0.4 is 14.8 Å². The summed E-state index contributed by atoms with van der Waals surface area (Å²) in [7, 11) is -2.34. The van der Waals surface area contributed by atoms with E-state index in [4.69, 9.17) is 16.3 Å². The van der Waals surface area contributed by atoms with Crippen molar-refractivity contribution in [2.24, 2.45) is 0 Å². The maximum absolute atomic E-state index is 12.7. The number of amides is 1. The van der Waals surface area contributed by atoms with Gasteiger partial charge in [-0.3, -0.25) is 9.52 Å². The highest BCUT2D eigenvalue weighted by Crippen LogP contribution is 2.25. The minimum atomic E-state index is -3.94. The van der Waals surface area contributed by atoms with Crippen LogP contribution in [0.3, 0.4) is 0 Å². The van der Waals surface area contributed by atoms with Gasteiger partial charge in [0, 0.05) is 6.54 Å². The molecule has 3 aromatic carbocycles. The summed E-state index contributed by atoms with van der Waals surface area (Å²) in [6.45, 7) is 0.400. The summed E-state index contributed by atoms with van der Waals surface area (Å²) in [4.78, 5) is 12.6. The van der Waals surface area contributed by atoms with Crippen LogP contribution in [0.2, 0.25) is 5.02 Å². The third kappa shape index (κ3) is 5.31. The first-order chi connectivity index (χ1) is 14.4. The van der Waals surface area contributed by atoms with E-state index in [9.17, 15) is 13.2 Å². The average molecular weight is 445 g/mol. The van der Waals surface area contributed by atoms with Gasteiger partial charge in [0.2, 0.25) is 0 Å². The number of hydrogen-bond donors (Lipinski definition) is 2. The number of carbonyl (C=O) groups is 1. The summed E-state index contributed by atoms with van der Waals surface area (Å²) in [5.41, 5.74) is 1.45. The lowest BCUT2D eigenvalue weighted by Gasteiger charge is -2.13. The number of benzene rings is 3. The standard InChI is InChI=1S/C22H21ClN2O4S/c1-29-17-12-10-16(11-13-17)14-15-24-22(26)18-6-2-4-8-20(18)25-30(27,28)21-9-5-3-7-19(21)23/h2-13,25H,14-15H2,1H3,(H,24,26). The molecule has 0 radical (unpaired) electrons. The first-order valence-corrected chi connectivity index (χ1v) is 11.0. The minimum Gasteiger partial charge on any atom is -0.497 e. The summed E-state index contributed by atoms with van der Waals surface area (Å²) in [5, 5.41) is 2.93. The number of para-hydroxylation sites is 1. The van der Waals surface area contributed by atoms with E-state index in [1.165, 1.54) is 18.2 Å². The lowest BCUT2D eigenvalue weighted by Crippen LogP contribution is -2.27. The Balaban J connectivity index is 1.69. The summed E-state index contributed by atoms with van der Waals surface area (Å²) in [6, 6.07) is 20.1. The molecule has 0 aromatic heterocycles. The number of hydrogen-bond acceptors (Lipinski definition) is 4. The summed E-state index contributed by atoms with van der Waals surface area (Å²) < 4.78 is 33.0. The Bertz CT molecular complexity index is 1130. The van der Waals surface area contributed by atoms with Gasteiger partial charge >= 0.3 is 0 Å². The Kier molecular flexibility index (Phi) is 6.97. The molecule has 6 nitrogen and oxygen atoms in total. The fourth-order valence-corrected chi connectivity index (χ4v) is 4.44. The van der Waals surface area contributed by atoms with Gasteiger partial charge in [0.05, 0.1) is 23.4 Å². The van der Waals surface area contributed by atoms with Crippen LogP contribution in [-0.4, -0.2) is 28.0 Å². The molecule has 156 valence electrons. The lowest BCUT2D eigenvalue weighted by atomic mass is 10.1. The Morgan fingerprint density at radius 3 is 2.33 bits per heavy atom. The average Bonchev–Trinajstić information content (AvgIpc) is 2.74. The van der Waals surface area contributed by atoms with E-state index in [2.05, 4.69) is 10.0 Å². The summed E-state index contributed by atoms with van der Waals surface area (Å²) in [5.74, 6) is 0.392. The lowest BCUT2D eigenvalue weighted by molar-refractivity contribution is 0.0955. The number of halogens is 1. The van der Waals surface area contributed by atoms with Crippen LogP contribution in [0.15, 0.2) is 77.7 Å². The number of anilines is 1. The van der Waals surface area contributed by atoms with E-state index in [-0.39, 0.29) is 27.1 Å². The molecule has 0 aliphatic rings. The molecule has 3 rings (SSSR count). The molecular formula is C22H21ClN2O4S. The Morgan fingerprint density at radius 2 is 1.63 bits per heavy atom. The van der Waals surface area contributed by atoms with Crippen molar-refractivity contribution >= 4 is 33.2 Å². The molecule has 0 fully saturated rings. The second kappa shape index (κ2) is 9.65. The van der Waals surface area contributed by atoms with Gasteiger partial charge in [0.25, 0.3) is 15.9 Å². The molecule has 30 heavy (non-hydrogen) atoms. The van der Waals surface area contributed by atoms with Gasteiger partial charge in [-0.25, -0.2) is 8.42 Å². The van der Waals surface area contributed by atoms with E-state index in [0.717, 1.165) is 11.3 Å². The predicted molar refractivity (Wildman–Crippen MR) is 118 cm³/mol. The Hall–Kier alpha value is -3.03. The maximum Gasteiger partial charge on any atom is 0.263 e. The van der Waals surface area contributed by atoms with Crippen molar-refractivity contribution in [3.8, 4) is 5.75 Å². The van der Waals surface area contributed by atoms with Crippen LogP contribution in [-0.2, 0) is 16.4 Å². The zero-order valence-corrected chi connectivity index (χ0v) is 17.8. The van der Waals surface area contributed by atoms with Crippen LogP contribution in [0.4, 0.5) is 5.69 Å². The van der Waals surface area contributed by atoms with Gasteiger partial charge in [-0.2, -0.15) is 0 Å². The van der Waals surface area contributed by atoms with Gasteiger partial charge in [0.15, 0.2) is 0 Å². The van der Waals surface area contributed by atoms with E-state index in [0.29, 0.717) is 13.0 Å². The van der Waals surface area contributed by atoms with Gasteiger partial charge in [-0.1, -0.05) is 48.0 Å². The first-order valence-electron chi connectivity index (χ1n) is 9.18. The van der Waals surface area contributed by atoms with Crippen LogP contribution in [0.25, 0.3) is 0 Å². The Morgan fingerprint density at radius 1 is 0.967 bits per heavy atom. The fraction of sp³-hybridized carbons (Fsp3) is 0.136. The number of rotatable bonds is 8. The zero-order chi connectivity index (χ0) is 21.6. The van der Waals surface area contributed by atoms with Crippen molar-refractivity contribution in [3.63, 3.8) is 0 Å². The molecule has 0 aliphatic heterocycles. The van der Waals surface area contributed by atoms with Gasteiger partial charge in [-0.05, 0) is 48.4 Å². The quantitative estimate of drug-likeness (QED) is 0.547. The molecule has 2 N–H and O–H groups in total. The predicted octanol–water partition coefficient (Wildman–Crippen LogP) is 4.12. The molecule has 0 bridgehead atoms. The smallest absolute Gasteiger partial charge is 0.263 e. The molecular weight excluding hydrogens is 424 g/mol. The van der Waals surface area contributed by atoms with Gasteiger partial charge in [-0.15, -0.1) is 0 Å². The molecule has 0 aliphatic carbocycles. The Labute approximate surface area is 180 Å². The van der Waals surface area contributed by atoms with E-state index < -0.39 is 10.0 Å². The molecule has 0 heterocycles. The maximum atomic E-state index is 12.7. The van der Waals surface area contributed by atoms with Gasteiger partial charge in [0.1, 0.15) is 10.6 Å². The molecule has 3 aromatic rings. The fourth-order valence-electron chi connectivity index (χ4n) is 2.84. The highest BCUT2D eigenvalue weighted by atomic mass is 35.5. The van der Waals surface area contributed by atoms with Crippen LogP contribution in [0, 0.1) is 0 Å². The number of methoxy groups -OCH3 is 1. The molecule has 1 amide bonds. The first kappa shape index (κ1) is 21.7. The van der Waals surface area contributed by atoms with Crippen molar-refractivity contribution in [1.82, 2.24) is 5.32 Å². The minimum absolute atomic E-state index is 0.0543. The van der Waals surface area contributed by atoms with Crippen LogP contribution in [0.5, 0.6) is 5.75 Å². The van der Waals surface area contributed by atoms with Crippen molar-refractivity contribution < 1.29 is 17.9 Å². The molecule has 8 heteroatoms. The van der Waals surface area contributed by atoms with E-state index in [1.54, 1.807) is 37.4 Å². The topological polar surface area (TPSA) is 84.5 Å². The van der Waals surface area contributed by atoms with Crippen molar-refractivity contribution in [1.29, 1.82) is 0 Å². The number of carbonyl (C=O) groups excluding carboxylic acids is 1. The van der Waals surface area contributed by atoms with Gasteiger partial charge < -0.3 is 10.1 Å². The number of sulfonamides is 1. The normalized spacial score (nSPS) is 11.0. The summed E-state index contributed by atoms with van der Waals surface area (Å²) >= 11 is 6.02. The summed E-state index contributed by atoms with van der Waals surface area (Å²) in [6.07, 6.45) is 0.628. The van der Waals surface area contributed by atoms with Crippen molar-refractivity contribution in [2.45, 2.75) is 11.3 Å². The molecule has 0 spiro atoms. The van der Waals surface area contributed by atoms with Crippen LogP contribution in [0.1, 0.15) is 15.9 Å². The van der Waals surface area contributed by atoms with E-state index >= 15 is 0 Å². The zero-order valence-electron chi connectivity index (χ0n) is 16.3. The number of ether oxygens (including phenoxy) is 1. The third-order valence-electron chi connectivity index (χ3n) is 4.40. The highest BCUT2D eigenvalue weighted by molar-refractivity contribution is 7.92. The highest BCUT2D eigenvalue weighted by Gasteiger charge is 2.20. The van der Waals surface area contributed by atoms with Crippen molar-refractivity contribution in [2.75, 3.05) is 18.4 Å². The van der Waals surface area contributed by atoms with Crippen molar-refractivity contribution in [3.05, 3.63) is 88.9 Å². The molecule has 0 saturated heterocycles. The number of nitrogens with one attached hydrogen (secondary N) is 2. The van der Waals surface area contributed by atoms with Crippen LogP contribution >= 0.6 is 11.6 Å².